The van der Waals surface area contributed by atoms with E-state index in [1.54, 1.807) is 0 Å². The van der Waals surface area contributed by atoms with Gasteiger partial charge in [-0.05, 0) is 37.8 Å². The number of hydrogen-bond donors (Lipinski definition) is 4. The van der Waals surface area contributed by atoms with E-state index in [9.17, 15) is 93.8 Å². The first kappa shape index (κ1) is 61.7. The summed E-state index contributed by atoms with van der Waals surface area (Å²) in [5.74, 6) is -56.7. The second kappa shape index (κ2) is 24.2. The molecule has 428 valence electrons. The molecule has 5 rings (SSSR count). The van der Waals surface area contributed by atoms with Gasteiger partial charge in [-0.15, -0.1) is 5.10 Å². The van der Waals surface area contributed by atoms with Crippen LogP contribution in [0.3, 0.4) is 0 Å². The fourth-order valence-electron chi connectivity index (χ4n) is 7.77. The van der Waals surface area contributed by atoms with E-state index in [2.05, 4.69) is 31.6 Å². The molecular formula is C43H48F17N7O8S. The van der Waals surface area contributed by atoms with Gasteiger partial charge in [-0.2, -0.15) is 86.4 Å². The van der Waals surface area contributed by atoms with Crippen molar-refractivity contribution in [2.24, 2.45) is 0 Å². The number of amides is 4. The Morgan fingerprint density at radius 1 is 0.737 bits per heavy atom. The van der Waals surface area contributed by atoms with E-state index in [-0.39, 0.29) is 86.0 Å². The minimum absolute atomic E-state index is 0.0238. The molecule has 0 aliphatic carbocycles. The van der Waals surface area contributed by atoms with Crippen molar-refractivity contribution in [2.45, 2.75) is 123 Å². The van der Waals surface area contributed by atoms with Crippen LogP contribution in [0, 0.1) is 6.92 Å². The van der Waals surface area contributed by atoms with Crippen LogP contribution in [0.15, 0.2) is 33.6 Å². The zero-order valence-electron chi connectivity index (χ0n) is 39.5. The van der Waals surface area contributed by atoms with Crippen molar-refractivity contribution in [1.82, 2.24) is 36.3 Å². The van der Waals surface area contributed by atoms with Crippen molar-refractivity contribution in [3.8, 4) is 11.3 Å². The van der Waals surface area contributed by atoms with Crippen molar-refractivity contribution >= 4 is 40.6 Å². The number of rotatable bonds is 30. The number of alkyl halides is 17. The summed E-state index contributed by atoms with van der Waals surface area (Å²) in [4.78, 5) is 49.2. The number of hydrogen-bond acceptors (Lipinski definition) is 11. The number of thioether (sulfide) groups is 1. The number of unbranched alkanes of at least 4 members (excludes halogenated alkanes) is 1. The van der Waals surface area contributed by atoms with Gasteiger partial charge in [0.25, 0.3) is 0 Å². The maximum Gasteiger partial charge on any atom is 0.460 e. The monoisotopic (exact) mass is 1150 g/mol. The molecule has 3 atom stereocenters. The summed E-state index contributed by atoms with van der Waals surface area (Å²) in [5.41, 5.74) is -0.779. The minimum atomic E-state index is -8.71. The Balaban J connectivity index is 0.983. The average molecular weight is 1150 g/mol. The molecule has 2 aromatic heterocycles. The SMILES string of the molecule is Cc1c(CC(=O)NCCOCCOCCOCCNC(=O)CCCC[C@@H]2SC[C@@H]3NC(=O)N[C@@H]32)c(=O)oc2cc(-c3cn(CCCC(F)(F)C(F)(F)C(F)(F)C(F)(F)C(F)(F)C(F)(F)C(F)(F)C(F)(F)F)nn3)ccc12. The molecule has 0 saturated carbocycles. The summed E-state index contributed by atoms with van der Waals surface area (Å²) in [7, 11) is 0. The van der Waals surface area contributed by atoms with Crippen LogP contribution in [-0.4, -0.2) is 156 Å². The number of ether oxygens (including phenoxy) is 3. The first-order chi connectivity index (χ1) is 35.2. The highest BCUT2D eigenvalue weighted by molar-refractivity contribution is 8.00. The maximum absolute atomic E-state index is 14.4. The van der Waals surface area contributed by atoms with Crippen molar-refractivity contribution in [3.05, 3.63) is 45.9 Å². The summed E-state index contributed by atoms with van der Waals surface area (Å²) in [6.07, 6.45) is -8.52. The standard InChI is InChI=1S/C43H48F17N7O8S/c1-23-25-8-7-24(27-21-67(66-65-27)12-4-9-36(44,45)37(46,47)38(48,49)39(50,51)40(52,53)41(54,55)42(56,57)43(58,59)60)19-29(25)75-34(70)26(23)20-32(69)62-11-14-73-16-18-74-17-15-72-13-10-61-31(68)6-3-2-5-30-33-28(22-76-30)63-35(71)64-33/h7-8,19,21,28,30,33H,2-6,9-18,20,22H2,1H3,(H,61,68)(H,62,69)(H2,63,64,71)/t28-,30-,33-/m0/s1. The number of aromatic nitrogens is 3. The van der Waals surface area contributed by atoms with Crippen LogP contribution in [-0.2, 0) is 36.8 Å². The third-order valence-corrected chi connectivity index (χ3v) is 13.6. The third-order valence-electron chi connectivity index (χ3n) is 12.1. The van der Waals surface area contributed by atoms with Crippen molar-refractivity contribution < 1.29 is 108 Å². The number of carbonyl (C=O) groups excluding carboxylic acids is 3. The largest absolute Gasteiger partial charge is 0.460 e. The average Bonchev–Trinajstić information content (AvgIpc) is 4.06. The lowest BCUT2D eigenvalue weighted by Crippen LogP contribution is -2.74. The van der Waals surface area contributed by atoms with Gasteiger partial charge in [-0.3, -0.25) is 14.3 Å². The predicted octanol–water partition coefficient (Wildman–Crippen LogP) is 7.70. The summed E-state index contributed by atoms with van der Waals surface area (Å²) >= 11 is 1.83. The normalized spacial score (nSPS) is 18.0. The molecule has 2 aliphatic rings. The summed E-state index contributed by atoms with van der Waals surface area (Å²) in [6, 6.07) is 4.16. The lowest BCUT2D eigenvalue weighted by atomic mass is 9.88. The van der Waals surface area contributed by atoms with Gasteiger partial charge in [0.05, 0.1) is 69.9 Å². The molecule has 3 aromatic rings. The van der Waals surface area contributed by atoms with Crippen LogP contribution in [0.4, 0.5) is 79.4 Å². The quantitative estimate of drug-likeness (QED) is 0.0222. The van der Waals surface area contributed by atoms with E-state index in [1.807, 2.05) is 11.8 Å². The molecule has 2 aliphatic heterocycles. The number of urea groups is 1. The Morgan fingerprint density at radius 2 is 1.30 bits per heavy atom. The molecule has 2 saturated heterocycles. The Bertz CT molecular complexity index is 2550. The van der Waals surface area contributed by atoms with Crippen molar-refractivity contribution in [1.29, 1.82) is 0 Å². The molecule has 33 heteroatoms. The van der Waals surface area contributed by atoms with Crippen LogP contribution in [0.2, 0.25) is 0 Å². The van der Waals surface area contributed by atoms with E-state index in [4.69, 9.17) is 18.6 Å². The van der Waals surface area contributed by atoms with Gasteiger partial charge in [-0.25, -0.2) is 9.59 Å². The van der Waals surface area contributed by atoms with Gasteiger partial charge >= 0.3 is 59.3 Å². The molecule has 15 nitrogen and oxygen atoms in total. The Hall–Kier alpha value is -5.18. The number of benzene rings is 1. The Labute approximate surface area is 423 Å². The van der Waals surface area contributed by atoms with Gasteiger partial charge < -0.3 is 39.9 Å². The smallest absolute Gasteiger partial charge is 0.422 e. The lowest BCUT2D eigenvalue weighted by Gasteiger charge is -2.42. The second-order valence-corrected chi connectivity index (χ2v) is 18.7. The van der Waals surface area contributed by atoms with Crippen LogP contribution in [0.1, 0.15) is 49.7 Å². The van der Waals surface area contributed by atoms with Crippen LogP contribution >= 0.6 is 11.8 Å². The number of nitrogens with one attached hydrogen (secondary N) is 4. The topological polar surface area (TPSA) is 188 Å². The number of nitrogens with zero attached hydrogens (tertiary/aromatic N) is 3. The summed E-state index contributed by atoms with van der Waals surface area (Å²) in [6.45, 7) is 2.21. The number of halogens is 17. The fraction of sp³-hybridized carbons (Fsp3) is 0.674. The van der Waals surface area contributed by atoms with Crippen LogP contribution in [0.5, 0.6) is 0 Å². The molecule has 4 heterocycles. The van der Waals surface area contributed by atoms with E-state index in [1.165, 1.54) is 25.1 Å². The van der Waals surface area contributed by atoms with E-state index in [0.717, 1.165) is 31.2 Å². The highest BCUT2D eigenvalue weighted by Crippen LogP contribution is 2.64. The summed E-state index contributed by atoms with van der Waals surface area (Å²) in [5, 5.41) is 19.0. The van der Waals surface area contributed by atoms with Crippen molar-refractivity contribution in [2.75, 3.05) is 58.5 Å². The van der Waals surface area contributed by atoms with Gasteiger partial charge in [0.1, 0.15) is 11.3 Å². The molecule has 0 unspecified atom stereocenters. The van der Waals surface area contributed by atoms with E-state index < -0.39 is 85.0 Å². The molecule has 76 heavy (non-hydrogen) atoms. The molecule has 0 spiro atoms. The van der Waals surface area contributed by atoms with Gasteiger partial charge in [-0.1, -0.05) is 23.8 Å². The van der Waals surface area contributed by atoms with E-state index in [0.29, 0.717) is 40.5 Å². The van der Waals surface area contributed by atoms with Gasteiger partial charge in [0.15, 0.2) is 0 Å². The molecule has 4 N–H and O–H groups in total. The highest BCUT2D eigenvalue weighted by atomic mass is 32.2. The summed E-state index contributed by atoms with van der Waals surface area (Å²) < 4.78 is 254. The molecule has 0 radical (unpaired) electrons. The maximum atomic E-state index is 14.4. The first-order valence-corrected chi connectivity index (χ1v) is 23.9. The van der Waals surface area contributed by atoms with Gasteiger partial charge in [0.2, 0.25) is 11.8 Å². The third kappa shape index (κ3) is 13.2. The zero-order valence-corrected chi connectivity index (χ0v) is 40.3. The molecule has 2 fully saturated rings. The van der Waals surface area contributed by atoms with E-state index >= 15 is 0 Å². The fourth-order valence-corrected chi connectivity index (χ4v) is 9.31. The molecule has 4 amide bonds. The van der Waals surface area contributed by atoms with Crippen molar-refractivity contribution in [3.63, 3.8) is 0 Å². The predicted molar refractivity (Wildman–Crippen MR) is 232 cm³/mol. The van der Waals surface area contributed by atoms with Crippen LogP contribution < -0.4 is 26.9 Å². The Morgan fingerprint density at radius 3 is 1.91 bits per heavy atom. The second-order valence-electron chi connectivity index (χ2n) is 17.4. The molecule has 0 bridgehead atoms. The number of carbonyl (C=O) groups is 3. The molecule has 1 aromatic carbocycles. The van der Waals surface area contributed by atoms with Gasteiger partial charge in [0, 0.05) is 54.4 Å². The highest BCUT2D eigenvalue weighted by Gasteiger charge is 2.95. The minimum Gasteiger partial charge on any atom is -0.422 e. The first-order valence-electron chi connectivity index (χ1n) is 22.9. The number of aryl methyl sites for hydroxylation is 2. The lowest BCUT2D eigenvalue weighted by molar-refractivity contribution is -0.461. The van der Waals surface area contributed by atoms with Crippen LogP contribution in [0.25, 0.3) is 22.2 Å². The number of fused-ring (bicyclic) bond motifs is 2. The molecular weight excluding hydrogens is 1100 g/mol. The zero-order chi connectivity index (χ0) is 56.7. The Kier molecular flexibility index (Phi) is 19.7.